The predicted molar refractivity (Wildman–Crippen MR) is 97.7 cm³/mol. The molecule has 0 aromatic heterocycles. The Hall–Kier alpha value is -1.32. The van der Waals surface area contributed by atoms with E-state index in [-0.39, 0.29) is 16.8 Å². The lowest BCUT2D eigenvalue weighted by Gasteiger charge is -2.15. The molecule has 4 nitrogen and oxygen atoms in total. The maximum Gasteiger partial charge on any atom is 0.163 e. The van der Waals surface area contributed by atoms with Gasteiger partial charge in [-0.1, -0.05) is 13.3 Å². The van der Waals surface area contributed by atoms with E-state index in [1.54, 1.807) is 12.1 Å². The minimum absolute atomic E-state index is 0.0364. The molecule has 0 fully saturated rings. The van der Waals surface area contributed by atoms with Crippen LogP contribution in [0, 0.1) is 10.7 Å². The fourth-order valence-corrected chi connectivity index (χ4v) is 3.09. The molecule has 0 saturated heterocycles. The monoisotopic (exact) mass is 353 g/mol. The second-order valence-corrected chi connectivity index (χ2v) is 6.83. The molecule has 1 aromatic rings. The molecular formula is C17H23NO3S2. The van der Waals surface area contributed by atoms with Crippen molar-refractivity contribution in [2.24, 2.45) is 0 Å². The largest absolute Gasteiger partial charge is 0.507 e. The number of nitriles is 1. The van der Waals surface area contributed by atoms with Crippen molar-refractivity contribution in [1.82, 2.24) is 0 Å². The Morgan fingerprint density at radius 2 is 2.26 bits per heavy atom. The van der Waals surface area contributed by atoms with Crippen molar-refractivity contribution < 1.29 is 14.6 Å². The van der Waals surface area contributed by atoms with Gasteiger partial charge in [0.2, 0.25) is 0 Å². The lowest BCUT2D eigenvalue weighted by atomic mass is 10.0. The highest BCUT2D eigenvalue weighted by Gasteiger charge is 2.15. The molecular weight excluding hydrogens is 330 g/mol. The minimum atomic E-state index is -0.153. The van der Waals surface area contributed by atoms with Crippen molar-refractivity contribution in [3.63, 3.8) is 0 Å². The van der Waals surface area contributed by atoms with Crippen LogP contribution < -0.4 is 4.74 Å². The molecule has 1 unspecified atom stereocenters. The molecule has 6 heteroatoms. The fraction of sp³-hybridized carbons (Fsp3) is 0.529. The van der Waals surface area contributed by atoms with Crippen LogP contribution in [-0.2, 0) is 6.42 Å². The smallest absolute Gasteiger partial charge is 0.163 e. The van der Waals surface area contributed by atoms with Crippen LogP contribution in [0.4, 0.5) is 0 Å². The average molecular weight is 354 g/mol. The number of phenols is 1. The molecule has 1 rings (SSSR count). The molecule has 0 aliphatic heterocycles. The summed E-state index contributed by atoms with van der Waals surface area (Å²) in [6.07, 6.45) is 3.20. The van der Waals surface area contributed by atoms with Gasteiger partial charge in [-0.2, -0.15) is 17.9 Å². The van der Waals surface area contributed by atoms with Crippen LogP contribution >= 0.6 is 24.4 Å². The summed E-state index contributed by atoms with van der Waals surface area (Å²) in [5.74, 6) is 1.22. The van der Waals surface area contributed by atoms with Gasteiger partial charge in [-0.3, -0.25) is 4.79 Å². The summed E-state index contributed by atoms with van der Waals surface area (Å²) in [4.78, 5) is 11.5. The van der Waals surface area contributed by atoms with Gasteiger partial charge in [0.15, 0.2) is 5.78 Å². The van der Waals surface area contributed by atoms with Crippen molar-refractivity contribution in [3.05, 3.63) is 23.3 Å². The summed E-state index contributed by atoms with van der Waals surface area (Å²) in [5, 5.41) is 21.0. The first-order chi connectivity index (χ1) is 11.0. The molecule has 0 amide bonds. The Morgan fingerprint density at radius 3 is 2.87 bits per heavy atom. The number of hydrogen-bond donors (Lipinski definition) is 2. The Labute approximate surface area is 147 Å². The van der Waals surface area contributed by atoms with Gasteiger partial charge in [0.05, 0.1) is 12.2 Å². The molecule has 0 aliphatic rings. The summed E-state index contributed by atoms with van der Waals surface area (Å²) in [6.45, 7) is 3.98. The van der Waals surface area contributed by atoms with Crippen molar-refractivity contribution in [1.29, 1.82) is 5.26 Å². The zero-order chi connectivity index (χ0) is 17.2. The number of benzene rings is 1. The number of thiol groups is 1. The van der Waals surface area contributed by atoms with Gasteiger partial charge in [-0.15, -0.1) is 0 Å². The van der Waals surface area contributed by atoms with Gasteiger partial charge in [0.25, 0.3) is 0 Å². The molecule has 0 spiro atoms. The number of thioether (sulfide) groups is 1. The molecule has 1 aromatic carbocycles. The third-order valence-electron chi connectivity index (χ3n) is 3.40. The first-order valence-corrected chi connectivity index (χ1v) is 9.18. The van der Waals surface area contributed by atoms with E-state index in [2.05, 4.69) is 12.6 Å². The molecule has 0 heterocycles. The molecule has 1 atom stereocenters. The molecule has 0 aliphatic carbocycles. The average Bonchev–Trinajstić information content (AvgIpc) is 2.52. The Morgan fingerprint density at radius 1 is 1.52 bits per heavy atom. The highest BCUT2D eigenvalue weighted by atomic mass is 32.2. The van der Waals surface area contributed by atoms with E-state index in [9.17, 15) is 9.90 Å². The maximum atomic E-state index is 11.5. The van der Waals surface area contributed by atoms with Gasteiger partial charge in [0, 0.05) is 16.6 Å². The summed E-state index contributed by atoms with van der Waals surface area (Å²) < 4.78 is 5.78. The van der Waals surface area contributed by atoms with Gasteiger partial charge in [-0.25, -0.2) is 0 Å². The van der Waals surface area contributed by atoms with Crippen LogP contribution in [0.25, 0.3) is 0 Å². The topological polar surface area (TPSA) is 70.3 Å². The zero-order valence-corrected chi connectivity index (χ0v) is 15.3. The number of carbonyl (C=O) groups is 1. The van der Waals surface area contributed by atoms with Crippen LogP contribution in [0.15, 0.2) is 12.1 Å². The van der Waals surface area contributed by atoms with E-state index < -0.39 is 0 Å². The third-order valence-corrected chi connectivity index (χ3v) is 4.78. The molecule has 0 radical (unpaired) electrons. The number of carbonyl (C=O) groups excluding carboxylic acids is 1. The standard InChI is InChI=1S/C17H23NO3S2/c1-3-5-15-16(8-7-14(12(2)19)17(15)20)21-9-4-6-13(22)10-23-11-18/h7-8,13,20,22H,3-6,9-10H2,1-2H3. The first kappa shape index (κ1) is 19.7. The van der Waals surface area contributed by atoms with Crippen LogP contribution in [0.2, 0.25) is 0 Å². The van der Waals surface area contributed by atoms with E-state index in [1.165, 1.54) is 18.7 Å². The van der Waals surface area contributed by atoms with E-state index in [4.69, 9.17) is 10.00 Å². The van der Waals surface area contributed by atoms with E-state index in [1.807, 2.05) is 12.3 Å². The SMILES string of the molecule is CCCc1c(OCCCC(S)CSC#N)ccc(C(C)=O)c1O. The van der Waals surface area contributed by atoms with Crippen molar-refractivity contribution >= 4 is 30.2 Å². The number of Topliss-reactive ketones (excluding diaryl/α,β-unsaturated/α-hetero) is 1. The number of rotatable bonds is 10. The zero-order valence-electron chi connectivity index (χ0n) is 13.5. The Balaban J connectivity index is 2.64. The summed E-state index contributed by atoms with van der Waals surface area (Å²) in [6, 6.07) is 3.36. The summed E-state index contributed by atoms with van der Waals surface area (Å²) in [7, 11) is 0. The summed E-state index contributed by atoms with van der Waals surface area (Å²) >= 11 is 5.63. The number of ketones is 1. The second-order valence-electron chi connectivity index (χ2n) is 5.29. The Kier molecular flexibility index (Phi) is 8.97. The predicted octanol–water partition coefficient (Wildman–Crippen LogP) is 4.22. The van der Waals surface area contributed by atoms with Gasteiger partial charge in [0.1, 0.15) is 16.9 Å². The third kappa shape index (κ3) is 6.36. The van der Waals surface area contributed by atoms with E-state index >= 15 is 0 Å². The fourth-order valence-electron chi connectivity index (χ4n) is 2.25. The normalized spacial score (nSPS) is 11.7. The number of thiocyanates is 1. The first-order valence-electron chi connectivity index (χ1n) is 7.68. The lowest BCUT2D eigenvalue weighted by Crippen LogP contribution is -2.07. The quantitative estimate of drug-likeness (QED) is 0.285. The van der Waals surface area contributed by atoms with Crippen molar-refractivity contribution in [2.45, 2.75) is 44.8 Å². The summed E-state index contributed by atoms with van der Waals surface area (Å²) in [5.41, 5.74) is 1.03. The molecule has 0 bridgehead atoms. The molecule has 23 heavy (non-hydrogen) atoms. The second kappa shape index (κ2) is 10.5. The van der Waals surface area contributed by atoms with Crippen molar-refractivity contribution in [2.75, 3.05) is 12.4 Å². The number of ether oxygens (including phenoxy) is 1. The highest BCUT2D eigenvalue weighted by molar-refractivity contribution is 8.04. The number of aromatic hydroxyl groups is 1. The number of nitrogens with zero attached hydrogens (tertiary/aromatic N) is 1. The maximum absolute atomic E-state index is 11.5. The van der Waals surface area contributed by atoms with Crippen LogP contribution in [0.1, 0.15) is 49.0 Å². The van der Waals surface area contributed by atoms with Gasteiger partial charge < -0.3 is 9.84 Å². The number of hydrogen-bond acceptors (Lipinski definition) is 6. The molecule has 0 saturated carbocycles. The minimum Gasteiger partial charge on any atom is -0.507 e. The lowest BCUT2D eigenvalue weighted by molar-refractivity contribution is 0.101. The van der Waals surface area contributed by atoms with E-state index in [0.29, 0.717) is 35.7 Å². The molecule has 126 valence electrons. The number of phenolic OH excluding ortho intramolecular Hbond substituents is 1. The van der Waals surface area contributed by atoms with Gasteiger partial charge in [-0.05, 0) is 50.1 Å². The molecule has 1 N–H and O–H groups in total. The van der Waals surface area contributed by atoms with Crippen molar-refractivity contribution in [3.8, 4) is 16.9 Å². The van der Waals surface area contributed by atoms with Gasteiger partial charge >= 0.3 is 0 Å². The van der Waals surface area contributed by atoms with Crippen LogP contribution in [0.5, 0.6) is 11.5 Å². The van der Waals surface area contributed by atoms with Crippen LogP contribution in [0.3, 0.4) is 0 Å². The van der Waals surface area contributed by atoms with Crippen LogP contribution in [-0.4, -0.2) is 28.5 Å². The highest BCUT2D eigenvalue weighted by Crippen LogP contribution is 2.33. The van der Waals surface area contributed by atoms with E-state index in [0.717, 1.165) is 19.3 Å². The Bertz CT molecular complexity index is 570.